The average molecular weight is 484 g/mol. The minimum absolute atomic E-state index is 0.224. The van der Waals surface area contributed by atoms with Gasteiger partial charge in [-0.15, -0.1) is 0 Å². The number of hydrogen-bond donors (Lipinski definition) is 4. The van der Waals surface area contributed by atoms with Crippen LogP contribution in [-0.2, 0) is 0 Å². The Balaban J connectivity index is 1.32. The first-order chi connectivity index (χ1) is 16.8. The van der Waals surface area contributed by atoms with Gasteiger partial charge in [0.1, 0.15) is 12.4 Å². The predicted octanol–water partition coefficient (Wildman–Crippen LogP) is 4.10. The summed E-state index contributed by atoms with van der Waals surface area (Å²) in [7, 11) is 0. The van der Waals surface area contributed by atoms with Crippen molar-refractivity contribution in [1.29, 1.82) is 0 Å². The molecule has 2 aliphatic carbocycles. The van der Waals surface area contributed by atoms with E-state index < -0.39 is 5.60 Å². The van der Waals surface area contributed by atoms with Gasteiger partial charge in [-0.3, -0.25) is 10.00 Å². The summed E-state index contributed by atoms with van der Waals surface area (Å²) in [5, 5.41) is 25.0. The van der Waals surface area contributed by atoms with Crippen molar-refractivity contribution in [2.75, 3.05) is 36.9 Å². The van der Waals surface area contributed by atoms with Crippen LogP contribution in [0.25, 0.3) is 0 Å². The van der Waals surface area contributed by atoms with Gasteiger partial charge in [-0.2, -0.15) is 15.1 Å². The molecular formula is C26H41N7O2. The van der Waals surface area contributed by atoms with Gasteiger partial charge in [0.05, 0.1) is 5.60 Å². The highest BCUT2D eigenvalue weighted by molar-refractivity contribution is 5.55. The number of anilines is 3. The summed E-state index contributed by atoms with van der Waals surface area (Å²) in [5.41, 5.74) is 0.395. The largest absolute Gasteiger partial charge is 0.476 e. The first kappa shape index (κ1) is 24.3. The minimum Gasteiger partial charge on any atom is -0.476 e. The lowest BCUT2D eigenvalue weighted by atomic mass is 9.61. The molecule has 9 heteroatoms. The van der Waals surface area contributed by atoms with Crippen LogP contribution >= 0.6 is 0 Å². The Morgan fingerprint density at radius 1 is 1.14 bits per heavy atom. The molecule has 5 rings (SSSR count). The molecule has 1 aliphatic heterocycles. The van der Waals surface area contributed by atoms with Gasteiger partial charge in [0.15, 0.2) is 5.82 Å². The standard InChI is InChI=1S/C26H41N7O2/c1-17-11-19-13-20(16-26(3,34)15-19)24(17)30-25-28-21(27-22-12-18(2)31-32-22)14-23(29-25)35-10-9-33-7-5-4-6-8-33/h12,14,17,19-20,24,34H,4-11,13,15-16H2,1-3H3,(H3,27,28,29,30,31,32). The van der Waals surface area contributed by atoms with Crippen molar-refractivity contribution in [2.45, 2.75) is 77.4 Å². The Labute approximate surface area is 208 Å². The van der Waals surface area contributed by atoms with Crippen LogP contribution in [0.2, 0.25) is 0 Å². The molecule has 3 heterocycles. The summed E-state index contributed by atoms with van der Waals surface area (Å²) < 4.78 is 6.12. The molecule has 0 amide bonds. The molecule has 3 fully saturated rings. The molecule has 3 aliphatic rings. The number of fused-ring (bicyclic) bond motifs is 2. The molecule has 2 bridgehead atoms. The molecule has 4 N–H and O–H groups in total. The second-order valence-corrected chi connectivity index (χ2v) is 11.4. The summed E-state index contributed by atoms with van der Waals surface area (Å²) in [5.74, 6) is 3.99. The number of hydrogen-bond acceptors (Lipinski definition) is 8. The maximum Gasteiger partial charge on any atom is 0.228 e. The molecular weight excluding hydrogens is 442 g/mol. The smallest absolute Gasteiger partial charge is 0.228 e. The van der Waals surface area contributed by atoms with E-state index in [2.05, 4.69) is 32.7 Å². The lowest BCUT2D eigenvalue weighted by Crippen LogP contribution is -2.50. The van der Waals surface area contributed by atoms with E-state index in [1.54, 1.807) is 0 Å². The van der Waals surface area contributed by atoms with Crippen LogP contribution in [0.1, 0.15) is 64.5 Å². The summed E-state index contributed by atoms with van der Waals surface area (Å²) in [6, 6.07) is 4.01. The molecule has 2 aromatic rings. The van der Waals surface area contributed by atoms with Crippen molar-refractivity contribution in [2.24, 2.45) is 17.8 Å². The summed E-state index contributed by atoms with van der Waals surface area (Å²) >= 11 is 0. The van der Waals surface area contributed by atoms with Crippen molar-refractivity contribution in [1.82, 2.24) is 25.1 Å². The van der Waals surface area contributed by atoms with Crippen LogP contribution in [0.4, 0.5) is 17.6 Å². The highest BCUT2D eigenvalue weighted by Crippen LogP contribution is 2.47. The number of aromatic nitrogens is 4. The summed E-state index contributed by atoms with van der Waals surface area (Å²) in [6.45, 7) is 10.1. The van der Waals surface area contributed by atoms with Crippen LogP contribution < -0.4 is 15.4 Å². The van der Waals surface area contributed by atoms with E-state index in [-0.39, 0.29) is 6.04 Å². The number of H-pyrrole nitrogens is 1. The molecule has 2 aromatic heterocycles. The fourth-order valence-corrected chi connectivity index (χ4v) is 6.57. The molecule has 35 heavy (non-hydrogen) atoms. The van der Waals surface area contributed by atoms with E-state index in [1.807, 2.05) is 26.0 Å². The normalized spacial score (nSPS) is 31.2. The molecule has 5 unspecified atom stereocenters. The van der Waals surface area contributed by atoms with Gasteiger partial charge in [0, 0.05) is 30.4 Å². The third-order valence-corrected chi connectivity index (χ3v) is 7.96. The highest BCUT2D eigenvalue weighted by Gasteiger charge is 2.45. The lowest BCUT2D eigenvalue weighted by molar-refractivity contribution is -0.0502. The van der Waals surface area contributed by atoms with Crippen molar-refractivity contribution in [3.05, 3.63) is 17.8 Å². The van der Waals surface area contributed by atoms with Crippen LogP contribution in [-0.4, -0.2) is 68.1 Å². The number of aliphatic hydroxyl groups is 1. The van der Waals surface area contributed by atoms with Crippen LogP contribution in [0.3, 0.4) is 0 Å². The molecule has 1 saturated heterocycles. The van der Waals surface area contributed by atoms with E-state index in [0.29, 0.717) is 47.8 Å². The van der Waals surface area contributed by atoms with E-state index >= 15 is 0 Å². The van der Waals surface area contributed by atoms with Gasteiger partial charge in [-0.1, -0.05) is 13.3 Å². The Hall–Kier alpha value is -2.39. The third kappa shape index (κ3) is 6.25. The van der Waals surface area contributed by atoms with Crippen LogP contribution in [0.5, 0.6) is 5.88 Å². The highest BCUT2D eigenvalue weighted by atomic mass is 16.5. The zero-order valence-electron chi connectivity index (χ0n) is 21.4. The number of likely N-dealkylation sites (tertiary alicyclic amines) is 1. The third-order valence-electron chi connectivity index (χ3n) is 7.96. The minimum atomic E-state index is -0.585. The molecule has 192 valence electrons. The van der Waals surface area contributed by atoms with Crippen molar-refractivity contribution < 1.29 is 9.84 Å². The molecule has 0 spiro atoms. The number of aryl methyl sites for hydroxylation is 1. The fourth-order valence-electron chi connectivity index (χ4n) is 6.57. The van der Waals surface area contributed by atoms with E-state index in [1.165, 1.54) is 19.3 Å². The molecule has 9 nitrogen and oxygen atoms in total. The maximum absolute atomic E-state index is 10.8. The zero-order chi connectivity index (χ0) is 24.4. The maximum atomic E-state index is 10.8. The summed E-state index contributed by atoms with van der Waals surface area (Å²) in [4.78, 5) is 12.0. The van der Waals surface area contributed by atoms with Gasteiger partial charge in [-0.05, 0) is 83.2 Å². The van der Waals surface area contributed by atoms with E-state index in [9.17, 15) is 5.11 Å². The Bertz CT molecular complexity index is 986. The first-order valence-electron chi connectivity index (χ1n) is 13.4. The Morgan fingerprint density at radius 2 is 1.97 bits per heavy atom. The van der Waals surface area contributed by atoms with E-state index in [4.69, 9.17) is 14.7 Å². The van der Waals surface area contributed by atoms with Crippen LogP contribution in [0, 0.1) is 24.7 Å². The van der Waals surface area contributed by atoms with Crippen molar-refractivity contribution in [3.8, 4) is 5.88 Å². The van der Waals surface area contributed by atoms with Crippen molar-refractivity contribution in [3.63, 3.8) is 0 Å². The number of ether oxygens (including phenoxy) is 1. The number of rotatable bonds is 8. The molecule has 0 aromatic carbocycles. The van der Waals surface area contributed by atoms with Gasteiger partial charge in [0.25, 0.3) is 0 Å². The molecule has 0 radical (unpaired) electrons. The molecule has 2 saturated carbocycles. The Morgan fingerprint density at radius 3 is 2.74 bits per heavy atom. The monoisotopic (exact) mass is 483 g/mol. The predicted molar refractivity (Wildman–Crippen MR) is 137 cm³/mol. The number of piperidine rings is 1. The van der Waals surface area contributed by atoms with Gasteiger partial charge in [-0.25, -0.2) is 0 Å². The van der Waals surface area contributed by atoms with Crippen LogP contribution in [0.15, 0.2) is 12.1 Å². The quantitative estimate of drug-likeness (QED) is 0.444. The van der Waals surface area contributed by atoms with Gasteiger partial charge >= 0.3 is 0 Å². The number of aromatic amines is 1. The SMILES string of the molecule is Cc1cc(Nc2cc(OCCN3CCCCC3)nc(NC3C(C)CC4CC3CC(C)(O)C4)n2)n[nH]1. The average Bonchev–Trinajstić information content (AvgIpc) is 3.20. The van der Waals surface area contributed by atoms with E-state index in [0.717, 1.165) is 51.0 Å². The number of nitrogens with one attached hydrogen (secondary N) is 3. The second kappa shape index (κ2) is 10.3. The fraction of sp³-hybridized carbons (Fsp3) is 0.731. The van der Waals surface area contributed by atoms with Crippen molar-refractivity contribution >= 4 is 17.6 Å². The van der Waals surface area contributed by atoms with Gasteiger partial charge < -0.3 is 20.5 Å². The molecule has 5 atom stereocenters. The second-order valence-electron chi connectivity index (χ2n) is 11.4. The summed E-state index contributed by atoms with van der Waals surface area (Å²) in [6.07, 6.45) is 7.87. The lowest BCUT2D eigenvalue weighted by Gasteiger charge is -2.49. The number of nitrogens with zero attached hydrogens (tertiary/aromatic N) is 4. The van der Waals surface area contributed by atoms with Gasteiger partial charge in [0.2, 0.25) is 11.8 Å². The topological polar surface area (TPSA) is 111 Å². The first-order valence-corrected chi connectivity index (χ1v) is 13.4. The Kier molecular flexibility index (Phi) is 7.16. The zero-order valence-corrected chi connectivity index (χ0v) is 21.4.